The van der Waals surface area contributed by atoms with Crippen molar-refractivity contribution in [1.29, 1.82) is 0 Å². The Hall–Kier alpha value is 0.0300. The van der Waals surface area contributed by atoms with Crippen LogP contribution in [-0.2, 0) is 9.84 Å². The summed E-state index contributed by atoms with van der Waals surface area (Å²) in [6, 6.07) is 3.40. The Balaban J connectivity index is 2.71. The number of nitrogens with one attached hydrogen (secondary N) is 1. The SMILES string of the molecule is CC(C)S(=O)(=O)CCNc1c(Cl)cc(Br)cc1Cl. The monoisotopic (exact) mass is 373 g/mol. The quantitative estimate of drug-likeness (QED) is 0.847. The van der Waals surface area contributed by atoms with Crippen LogP contribution in [0.5, 0.6) is 0 Å². The first-order valence-electron chi connectivity index (χ1n) is 5.34. The molecule has 0 aromatic heterocycles. The predicted molar refractivity (Wildman–Crippen MR) is 81.6 cm³/mol. The Morgan fingerprint density at radius 1 is 1.28 bits per heavy atom. The van der Waals surface area contributed by atoms with Crippen LogP contribution in [0.25, 0.3) is 0 Å². The van der Waals surface area contributed by atoms with Crippen LogP contribution in [0, 0.1) is 0 Å². The first kappa shape index (κ1) is 16.1. The summed E-state index contributed by atoms with van der Waals surface area (Å²) in [4.78, 5) is 0. The third-order valence-electron chi connectivity index (χ3n) is 2.41. The van der Waals surface area contributed by atoms with E-state index in [4.69, 9.17) is 23.2 Å². The maximum atomic E-state index is 11.6. The molecule has 1 aromatic rings. The Morgan fingerprint density at radius 2 is 1.78 bits per heavy atom. The van der Waals surface area contributed by atoms with Crippen molar-refractivity contribution < 1.29 is 8.42 Å². The van der Waals surface area contributed by atoms with Gasteiger partial charge >= 0.3 is 0 Å². The summed E-state index contributed by atoms with van der Waals surface area (Å²) in [6.07, 6.45) is 0. The Kier molecular flexibility index (Phi) is 5.77. The minimum atomic E-state index is -3.06. The number of hydrogen-bond donors (Lipinski definition) is 1. The first-order valence-corrected chi connectivity index (χ1v) is 8.60. The van der Waals surface area contributed by atoms with Gasteiger partial charge in [0, 0.05) is 11.0 Å². The first-order chi connectivity index (χ1) is 8.24. The predicted octanol–water partition coefficient (Wildman–Crippen LogP) is 3.99. The van der Waals surface area contributed by atoms with Crippen molar-refractivity contribution in [2.75, 3.05) is 17.6 Å². The number of benzene rings is 1. The second-order valence-corrected chi connectivity index (χ2v) is 8.49. The average Bonchev–Trinajstić information content (AvgIpc) is 2.21. The molecule has 0 spiro atoms. The van der Waals surface area contributed by atoms with Gasteiger partial charge in [0.05, 0.1) is 26.7 Å². The lowest BCUT2D eigenvalue weighted by Crippen LogP contribution is -2.23. The van der Waals surface area contributed by atoms with Crippen LogP contribution in [-0.4, -0.2) is 26.0 Å². The zero-order valence-electron chi connectivity index (χ0n) is 10.0. The molecule has 0 bridgehead atoms. The molecule has 0 heterocycles. The van der Waals surface area contributed by atoms with E-state index in [9.17, 15) is 8.42 Å². The highest BCUT2D eigenvalue weighted by Gasteiger charge is 2.16. The van der Waals surface area contributed by atoms with Crippen LogP contribution in [0.4, 0.5) is 5.69 Å². The number of sulfone groups is 1. The summed E-state index contributed by atoms with van der Waals surface area (Å²) in [5, 5.41) is 3.49. The van der Waals surface area contributed by atoms with Gasteiger partial charge < -0.3 is 5.32 Å². The van der Waals surface area contributed by atoms with Crippen molar-refractivity contribution in [3.63, 3.8) is 0 Å². The van der Waals surface area contributed by atoms with Crippen molar-refractivity contribution in [3.8, 4) is 0 Å². The molecular formula is C11H14BrCl2NO2S. The minimum Gasteiger partial charge on any atom is -0.382 e. The maximum Gasteiger partial charge on any atom is 0.154 e. The molecule has 3 nitrogen and oxygen atoms in total. The van der Waals surface area contributed by atoms with Gasteiger partial charge in [-0.1, -0.05) is 39.1 Å². The molecule has 1 aromatic carbocycles. The zero-order chi connectivity index (χ0) is 13.9. The van der Waals surface area contributed by atoms with Crippen LogP contribution in [0.3, 0.4) is 0 Å². The number of rotatable bonds is 5. The van der Waals surface area contributed by atoms with Crippen molar-refractivity contribution in [1.82, 2.24) is 0 Å². The smallest absolute Gasteiger partial charge is 0.154 e. The van der Waals surface area contributed by atoms with E-state index in [1.54, 1.807) is 26.0 Å². The van der Waals surface area contributed by atoms with Crippen molar-refractivity contribution in [3.05, 3.63) is 26.7 Å². The highest BCUT2D eigenvalue weighted by molar-refractivity contribution is 9.10. The fourth-order valence-electron chi connectivity index (χ4n) is 1.27. The molecule has 18 heavy (non-hydrogen) atoms. The van der Waals surface area contributed by atoms with Gasteiger partial charge in [0.15, 0.2) is 9.84 Å². The summed E-state index contributed by atoms with van der Waals surface area (Å²) < 4.78 is 24.0. The summed E-state index contributed by atoms with van der Waals surface area (Å²) in [6.45, 7) is 3.60. The molecule has 0 saturated heterocycles. The fraction of sp³-hybridized carbons (Fsp3) is 0.455. The fourth-order valence-corrected chi connectivity index (χ4v) is 3.47. The standard InChI is InChI=1S/C11H14BrCl2NO2S/c1-7(2)18(16,17)4-3-15-11-9(13)5-8(12)6-10(11)14/h5-7,15H,3-4H2,1-2H3. The van der Waals surface area contributed by atoms with Gasteiger partial charge in [-0.2, -0.15) is 0 Å². The van der Waals surface area contributed by atoms with E-state index in [0.29, 0.717) is 15.7 Å². The van der Waals surface area contributed by atoms with Gasteiger partial charge in [0.1, 0.15) is 0 Å². The number of hydrogen-bond acceptors (Lipinski definition) is 3. The number of halogens is 3. The lowest BCUT2D eigenvalue weighted by molar-refractivity contribution is 0.588. The van der Waals surface area contributed by atoms with E-state index < -0.39 is 9.84 Å². The van der Waals surface area contributed by atoms with Gasteiger partial charge in [-0.25, -0.2) is 8.42 Å². The third-order valence-corrected chi connectivity index (χ3v) is 5.68. The summed E-state index contributed by atoms with van der Waals surface area (Å²) >= 11 is 15.3. The van der Waals surface area contributed by atoms with Gasteiger partial charge in [0.2, 0.25) is 0 Å². The van der Waals surface area contributed by atoms with Crippen LogP contribution < -0.4 is 5.32 Å². The molecular weight excluding hydrogens is 361 g/mol. The Bertz CT molecular complexity index is 509. The van der Waals surface area contributed by atoms with E-state index in [0.717, 1.165) is 4.47 Å². The second-order valence-electron chi connectivity index (χ2n) is 4.09. The summed E-state index contributed by atoms with van der Waals surface area (Å²) in [5.74, 6) is 0.0490. The lowest BCUT2D eigenvalue weighted by Gasteiger charge is -2.12. The average molecular weight is 375 g/mol. The molecule has 0 amide bonds. The third kappa shape index (κ3) is 4.30. The number of anilines is 1. The highest BCUT2D eigenvalue weighted by atomic mass is 79.9. The van der Waals surface area contributed by atoms with Crippen molar-refractivity contribution in [2.24, 2.45) is 0 Å². The molecule has 7 heteroatoms. The summed E-state index contributed by atoms with van der Waals surface area (Å²) in [5.41, 5.74) is 0.556. The van der Waals surface area contributed by atoms with Gasteiger partial charge in [-0.3, -0.25) is 0 Å². The Labute approximate surface area is 126 Å². The van der Waals surface area contributed by atoms with E-state index in [1.165, 1.54) is 0 Å². The molecule has 0 unspecified atom stereocenters. The molecule has 1 rings (SSSR count). The van der Waals surface area contributed by atoms with E-state index in [1.807, 2.05) is 0 Å². The van der Waals surface area contributed by atoms with Gasteiger partial charge in [-0.15, -0.1) is 0 Å². The van der Waals surface area contributed by atoms with Crippen LogP contribution in [0.2, 0.25) is 10.0 Å². The van der Waals surface area contributed by atoms with Crippen LogP contribution >= 0.6 is 39.1 Å². The minimum absolute atomic E-state index is 0.0490. The van der Waals surface area contributed by atoms with Crippen molar-refractivity contribution in [2.45, 2.75) is 19.1 Å². The second kappa shape index (κ2) is 6.46. The molecule has 0 atom stereocenters. The van der Waals surface area contributed by atoms with E-state index in [-0.39, 0.29) is 17.5 Å². The van der Waals surface area contributed by atoms with Crippen LogP contribution in [0.1, 0.15) is 13.8 Å². The topological polar surface area (TPSA) is 46.2 Å². The molecule has 0 aliphatic heterocycles. The molecule has 1 N–H and O–H groups in total. The zero-order valence-corrected chi connectivity index (χ0v) is 13.9. The van der Waals surface area contributed by atoms with Crippen molar-refractivity contribution >= 4 is 54.7 Å². The molecule has 0 fully saturated rings. The molecule has 0 aliphatic rings. The molecule has 0 aliphatic carbocycles. The largest absolute Gasteiger partial charge is 0.382 e. The lowest BCUT2D eigenvalue weighted by atomic mass is 10.3. The Morgan fingerprint density at radius 3 is 2.22 bits per heavy atom. The molecule has 102 valence electrons. The highest BCUT2D eigenvalue weighted by Crippen LogP contribution is 2.33. The van der Waals surface area contributed by atoms with Crippen LogP contribution in [0.15, 0.2) is 16.6 Å². The van der Waals surface area contributed by atoms with Gasteiger partial charge in [0.25, 0.3) is 0 Å². The van der Waals surface area contributed by atoms with E-state index >= 15 is 0 Å². The van der Waals surface area contributed by atoms with E-state index in [2.05, 4.69) is 21.2 Å². The summed E-state index contributed by atoms with van der Waals surface area (Å²) in [7, 11) is -3.06. The van der Waals surface area contributed by atoms with Gasteiger partial charge in [-0.05, 0) is 26.0 Å². The maximum absolute atomic E-state index is 11.6. The molecule has 0 saturated carbocycles. The molecule has 0 radical (unpaired) electrons. The normalized spacial score (nSPS) is 11.9.